The SMILES string of the molecule is Cc1cccc(CCN/C=C(/C#N)C(=O)Nc2ccc(C(C)C)cc2)c1. The molecule has 0 atom stereocenters. The number of nitrogens with one attached hydrogen (secondary N) is 2. The monoisotopic (exact) mass is 347 g/mol. The first-order valence-corrected chi connectivity index (χ1v) is 8.80. The summed E-state index contributed by atoms with van der Waals surface area (Å²) in [5.41, 5.74) is 4.39. The molecule has 134 valence electrons. The number of benzene rings is 2. The Morgan fingerprint density at radius 3 is 2.54 bits per heavy atom. The molecular weight excluding hydrogens is 322 g/mol. The summed E-state index contributed by atoms with van der Waals surface area (Å²) in [7, 11) is 0. The lowest BCUT2D eigenvalue weighted by Gasteiger charge is -2.08. The minimum atomic E-state index is -0.409. The van der Waals surface area contributed by atoms with Crippen LogP contribution in [0.25, 0.3) is 0 Å². The largest absolute Gasteiger partial charge is 0.389 e. The summed E-state index contributed by atoms with van der Waals surface area (Å²) in [6.07, 6.45) is 2.31. The zero-order valence-electron chi connectivity index (χ0n) is 15.5. The number of aryl methyl sites for hydroxylation is 1. The van der Waals surface area contributed by atoms with Gasteiger partial charge < -0.3 is 10.6 Å². The lowest BCUT2D eigenvalue weighted by molar-refractivity contribution is -0.112. The molecule has 4 nitrogen and oxygen atoms in total. The minimum Gasteiger partial charge on any atom is -0.389 e. The molecule has 2 aromatic rings. The van der Waals surface area contributed by atoms with Crippen LogP contribution in [0, 0.1) is 18.3 Å². The number of nitriles is 1. The van der Waals surface area contributed by atoms with E-state index in [2.05, 4.69) is 49.6 Å². The van der Waals surface area contributed by atoms with Crippen LogP contribution < -0.4 is 10.6 Å². The summed E-state index contributed by atoms with van der Waals surface area (Å²) in [6, 6.07) is 17.9. The second kappa shape index (κ2) is 9.43. The third kappa shape index (κ3) is 5.78. The van der Waals surface area contributed by atoms with Gasteiger partial charge in [-0.15, -0.1) is 0 Å². The van der Waals surface area contributed by atoms with Crippen LogP contribution >= 0.6 is 0 Å². The van der Waals surface area contributed by atoms with Gasteiger partial charge in [-0.3, -0.25) is 4.79 Å². The van der Waals surface area contributed by atoms with Gasteiger partial charge in [0.05, 0.1) is 0 Å². The highest BCUT2D eigenvalue weighted by molar-refractivity contribution is 6.06. The molecule has 0 radical (unpaired) electrons. The number of anilines is 1. The molecule has 0 aliphatic carbocycles. The average molecular weight is 347 g/mol. The van der Waals surface area contributed by atoms with Crippen LogP contribution in [0.15, 0.2) is 60.3 Å². The molecule has 0 unspecified atom stereocenters. The number of carbonyl (C=O) groups is 1. The Morgan fingerprint density at radius 2 is 1.92 bits per heavy atom. The van der Waals surface area contributed by atoms with Gasteiger partial charge in [0, 0.05) is 18.4 Å². The third-order valence-corrected chi connectivity index (χ3v) is 4.09. The number of amides is 1. The van der Waals surface area contributed by atoms with Gasteiger partial charge in [0.2, 0.25) is 0 Å². The molecule has 4 heteroatoms. The zero-order chi connectivity index (χ0) is 18.9. The fourth-order valence-corrected chi connectivity index (χ4v) is 2.56. The van der Waals surface area contributed by atoms with Gasteiger partial charge in [-0.05, 0) is 42.5 Å². The normalized spacial score (nSPS) is 11.1. The van der Waals surface area contributed by atoms with Crippen molar-refractivity contribution in [1.82, 2.24) is 5.32 Å². The molecule has 0 aromatic heterocycles. The molecule has 0 saturated carbocycles. The fourth-order valence-electron chi connectivity index (χ4n) is 2.56. The Labute approximate surface area is 155 Å². The van der Waals surface area contributed by atoms with Gasteiger partial charge >= 0.3 is 0 Å². The van der Waals surface area contributed by atoms with Gasteiger partial charge in [0.15, 0.2) is 0 Å². The number of hydrogen-bond donors (Lipinski definition) is 2. The molecule has 0 aliphatic rings. The lowest BCUT2D eigenvalue weighted by Crippen LogP contribution is -2.18. The molecule has 0 saturated heterocycles. The number of nitrogens with zero attached hydrogens (tertiary/aromatic N) is 1. The first kappa shape index (κ1) is 19.3. The molecular formula is C22H25N3O. The summed E-state index contributed by atoms with van der Waals surface area (Å²) in [5.74, 6) is 0.0276. The van der Waals surface area contributed by atoms with Gasteiger partial charge in [0.25, 0.3) is 5.91 Å². The Balaban J connectivity index is 1.89. The first-order chi connectivity index (χ1) is 12.5. The Bertz CT molecular complexity index is 814. The van der Waals surface area contributed by atoms with Gasteiger partial charge in [-0.25, -0.2) is 0 Å². The summed E-state index contributed by atoms with van der Waals surface area (Å²) in [6.45, 7) is 6.95. The predicted molar refractivity (Wildman–Crippen MR) is 106 cm³/mol. The Morgan fingerprint density at radius 1 is 1.19 bits per heavy atom. The fraction of sp³-hybridized carbons (Fsp3) is 0.273. The van der Waals surface area contributed by atoms with Crippen LogP contribution in [0.4, 0.5) is 5.69 Å². The first-order valence-electron chi connectivity index (χ1n) is 8.80. The van der Waals surface area contributed by atoms with Crippen molar-refractivity contribution in [1.29, 1.82) is 5.26 Å². The van der Waals surface area contributed by atoms with Crippen molar-refractivity contribution in [2.24, 2.45) is 0 Å². The van der Waals surface area contributed by atoms with E-state index in [1.165, 1.54) is 22.9 Å². The molecule has 0 aliphatic heterocycles. The van der Waals surface area contributed by atoms with E-state index in [0.29, 0.717) is 18.2 Å². The Kier molecular flexibility index (Phi) is 6.99. The number of carbonyl (C=O) groups excluding carboxylic acids is 1. The van der Waals surface area contributed by atoms with Crippen LogP contribution in [-0.4, -0.2) is 12.5 Å². The van der Waals surface area contributed by atoms with Crippen molar-refractivity contribution in [2.75, 3.05) is 11.9 Å². The van der Waals surface area contributed by atoms with Crippen molar-refractivity contribution >= 4 is 11.6 Å². The van der Waals surface area contributed by atoms with Gasteiger partial charge in [-0.1, -0.05) is 55.8 Å². The second-order valence-electron chi connectivity index (χ2n) is 6.59. The predicted octanol–water partition coefficient (Wildman–Crippen LogP) is 4.30. The molecule has 0 spiro atoms. The maximum atomic E-state index is 12.2. The molecule has 0 bridgehead atoms. The van der Waals surface area contributed by atoms with Gasteiger partial charge in [-0.2, -0.15) is 5.26 Å². The number of hydrogen-bond acceptors (Lipinski definition) is 3. The Hall–Kier alpha value is -3.06. The van der Waals surface area contributed by atoms with E-state index in [1.807, 2.05) is 36.4 Å². The quantitative estimate of drug-likeness (QED) is 0.446. The molecule has 0 heterocycles. The lowest BCUT2D eigenvalue weighted by atomic mass is 10.0. The van der Waals surface area contributed by atoms with Crippen LogP contribution in [0.2, 0.25) is 0 Å². The highest BCUT2D eigenvalue weighted by atomic mass is 16.1. The molecule has 2 aromatic carbocycles. The molecule has 2 N–H and O–H groups in total. The van der Waals surface area contributed by atoms with Crippen molar-refractivity contribution in [3.8, 4) is 6.07 Å². The standard InChI is InChI=1S/C22H25N3O/c1-16(2)19-7-9-21(10-8-19)25-22(26)20(14-23)15-24-12-11-18-6-4-5-17(3)13-18/h4-10,13,15-16,24H,11-12H2,1-3H3,(H,25,26)/b20-15-. The summed E-state index contributed by atoms with van der Waals surface area (Å²) in [4.78, 5) is 12.2. The summed E-state index contributed by atoms with van der Waals surface area (Å²) in [5, 5.41) is 15.0. The summed E-state index contributed by atoms with van der Waals surface area (Å²) >= 11 is 0. The highest BCUT2D eigenvalue weighted by Crippen LogP contribution is 2.17. The van der Waals surface area contributed by atoms with Crippen LogP contribution in [0.3, 0.4) is 0 Å². The molecule has 2 rings (SSSR count). The van der Waals surface area contributed by atoms with E-state index in [1.54, 1.807) is 0 Å². The van der Waals surface area contributed by atoms with Crippen LogP contribution in [0.1, 0.15) is 36.5 Å². The second-order valence-corrected chi connectivity index (χ2v) is 6.59. The smallest absolute Gasteiger partial charge is 0.267 e. The van der Waals surface area contributed by atoms with Crippen LogP contribution in [-0.2, 0) is 11.2 Å². The molecule has 1 amide bonds. The maximum absolute atomic E-state index is 12.2. The van der Waals surface area contributed by atoms with E-state index in [4.69, 9.17) is 0 Å². The number of rotatable bonds is 7. The van der Waals surface area contributed by atoms with Crippen molar-refractivity contribution < 1.29 is 4.79 Å². The van der Waals surface area contributed by atoms with Crippen molar-refractivity contribution in [2.45, 2.75) is 33.1 Å². The third-order valence-electron chi connectivity index (χ3n) is 4.09. The van der Waals surface area contributed by atoms with Crippen molar-refractivity contribution in [3.63, 3.8) is 0 Å². The molecule has 0 fully saturated rings. The van der Waals surface area contributed by atoms with E-state index in [-0.39, 0.29) is 5.57 Å². The zero-order valence-corrected chi connectivity index (χ0v) is 15.5. The van der Waals surface area contributed by atoms with E-state index < -0.39 is 5.91 Å². The van der Waals surface area contributed by atoms with Crippen molar-refractivity contribution in [3.05, 3.63) is 77.0 Å². The highest BCUT2D eigenvalue weighted by Gasteiger charge is 2.09. The van der Waals surface area contributed by atoms with Crippen LogP contribution in [0.5, 0.6) is 0 Å². The maximum Gasteiger partial charge on any atom is 0.267 e. The summed E-state index contributed by atoms with van der Waals surface area (Å²) < 4.78 is 0. The molecule has 26 heavy (non-hydrogen) atoms. The topological polar surface area (TPSA) is 64.9 Å². The van der Waals surface area contributed by atoms with Gasteiger partial charge in [0.1, 0.15) is 11.6 Å². The minimum absolute atomic E-state index is 0.0576. The van der Waals surface area contributed by atoms with E-state index in [9.17, 15) is 10.1 Å². The van der Waals surface area contributed by atoms with E-state index >= 15 is 0 Å². The van der Waals surface area contributed by atoms with E-state index in [0.717, 1.165) is 6.42 Å². The average Bonchev–Trinajstić information content (AvgIpc) is 2.62.